The zero-order valence-electron chi connectivity index (χ0n) is 18.6. The maximum absolute atomic E-state index is 13.8. The molecule has 6 nitrogen and oxygen atoms in total. The van der Waals surface area contributed by atoms with E-state index in [1.165, 1.54) is 12.1 Å². The summed E-state index contributed by atoms with van der Waals surface area (Å²) < 4.78 is 86.6. The van der Waals surface area contributed by atoms with Gasteiger partial charge in [0.2, 0.25) is 10.0 Å². The Morgan fingerprint density at radius 2 is 1.63 bits per heavy atom. The molecule has 1 aliphatic carbocycles. The molecule has 0 atom stereocenters. The normalized spacial score (nSPS) is 18.4. The van der Waals surface area contributed by atoms with Gasteiger partial charge in [0.15, 0.2) is 0 Å². The van der Waals surface area contributed by atoms with Gasteiger partial charge in [0, 0.05) is 18.2 Å². The SMILES string of the molecule is O=C(O)C(F)(F)F.O=S(=O)(NC1CC2(CCN(Cc3cc(F)ccc3F)CC2)C1)c1ccccc1. The molecule has 0 aromatic heterocycles. The predicted molar refractivity (Wildman–Crippen MR) is 117 cm³/mol. The summed E-state index contributed by atoms with van der Waals surface area (Å²) in [7, 11) is -3.47. The Kier molecular flexibility index (Phi) is 8.17. The minimum atomic E-state index is -5.08. The molecule has 2 N–H and O–H groups in total. The molecule has 1 heterocycles. The van der Waals surface area contributed by atoms with Gasteiger partial charge in [-0.2, -0.15) is 13.2 Å². The van der Waals surface area contributed by atoms with E-state index >= 15 is 0 Å². The molecule has 2 fully saturated rings. The molecule has 35 heavy (non-hydrogen) atoms. The number of carbonyl (C=O) groups is 1. The highest BCUT2D eigenvalue weighted by atomic mass is 32.2. The number of aliphatic carboxylic acids is 1. The molecule has 4 rings (SSSR count). The van der Waals surface area contributed by atoms with E-state index in [-0.39, 0.29) is 17.3 Å². The Morgan fingerprint density at radius 3 is 2.17 bits per heavy atom. The Balaban J connectivity index is 0.000000429. The standard InChI is InChI=1S/C21H24F2N2O2S.C2HF3O2/c22-17-6-7-20(23)16(12-17)15-25-10-8-21(9-11-25)13-18(14-21)24-28(26,27)19-4-2-1-3-5-19;3-2(4,5)1(6)7/h1-7,12,18,24H,8-11,13-15H2;(H,6,7). The molecule has 1 saturated heterocycles. The van der Waals surface area contributed by atoms with Crippen molar-refractivity contribution >= 4 is 16.0 Å². The number of carboxylic acids is 1. The molecule has 1 spiro atoms. The van der Waals surface area contributed by atoms with Crippen LogP contribution in [0.3, 0.4) is 0 Å². The van der Waals surface area contributed by atoms with Crippen molar-refractivity contribution in [3.63, 3.8) is 0 Å². The summed E-state index contributed by atoms with van der Waals surface area (Å²) in [5.74, 6) is -3.55. The van der Waals surface area contributed by atoms with Gasteiger partial charge in [-0.1, -0.05) is 18.2 Å². The van der Waals surface area contributed by atoms with E-state index in [0.29, 0.717) is 17.0 Å². The third kappa shape index (κ3) is 7.21. The largest absolute Gasteiger partial charge is 0.490 e. The van der Waals surface area contributed by atoms with Gasteiger partial charge < -0.3 is 5.11 Å². The summed E-state index contributed by atoms with van der Waals surface area (Å²) >= 11 is 0. The van der Waals surface area contributed by atoms with Gasteiger partial charge in [-0.3, -0.25) is 4.90 Å². The first kappa shape index (κ1) is 27.0. The molecule has 0 bridgehead atoms. The van der Waals surface area contributed by atoms with Gasteiger partial charge in [-0.15, -0.1) is 0 Å². The number of piperidine rings is 1. The number of hydrogen-bond acceptors (Lipinski definition) is 4. The Labute approximate surface area is 199 Å². The van der Waals surface area contributed by atoms with Crippen molar-refractivity contribution in [3.8, 4) is 0 Å². The monoisotopic (exact) mass is 520 g/mol. The number of carboxylic acid groups (broad SMARTS) is 1. The lowest BCUT2D eigenvalue weighted by molar-refractivity contribution is -0.192. The van der Waals surface area contributed by atoms with E-state index in [1.54, 1.807) is 30.3 Å². The van der Waals surface area contributed by atoms with Crippen LogP contribution < -0.4 is 4.72 Å². The van der Waals surface area contributed by atoms with Crippen molar-refractivity contribution in [1.29, 1.82) is 0 Å². The second-order valence-electron chi connectivity index (χ2n) is 8.85. The zero-order chi connectivity index (χ0) is 25.9. The van der Waals surface area contributed by atoms with Crippen LogP contribution >= 0.6 is 0 Å². The second-order valence-corrected chi connectivity index (χ2v) is 10.6. The van der Waals surface area contributed by atoms with E-state index in [2.05, 4.69) is 9.62 Å². The fraction of sp³-hybridized carbons (Fsp3) is 0.435. The number of benzene rings is 2. The van der Waals surface area contributed by atoms with Crippen molar-refractivity contribution in [3.05, 3.63) is 65.7 Å². The maximum Gasteiger partial charge on any atom is 0.490 e. The quantitative estimate of drug-likeness (QED) is 0.574. The number of alkyl halides is 3. The average molecular weight is 521 g/mol. The lowest BCUT2D eigenvalue weighted by Crippen LogP contribution is -2.54. The Bertz CT molecular complexity index is 1130. The fourth-order valence-electron chi connectivity index (χ4n) is 4.46. The third-order valence-electron chi connectivity index (χ3n) is 6.30. The molecule has 0 amide bonds. The molecule has 12 heteroatoms. The Hall–Kier alpha value is -2.57. The molecule has 1 aliphatic heterocycles. The van der Waals surface area contributed by atoms with Crippen molar-refractivity contribution in [1.82, 2.24) is 9.62 Å². The average Bonchev–Trinajstić information content (AvgIpc) is 2.77. The van der Waals surface area contributed by atoms with Crippen molar-refractivity contribution in [2.75, 3.05) is 13.1 Å². The van der Waals surface area contributed by atoms with E-state index in [9.17, 15) is 30.4 Å². The van der Waals surface area contributed by atoms with Gasteiger partial charge in [-0.05, 0) is 74.5 Å². The summed E-state index contributed by atoms with van der Waals surface area (Å²) in [5.41, 5.74) is 0.555. The molecular weight excluding hydrogens is 495 g/mol. The Morgan fingerprint density at radius 1 is 1.06 bits per heavy atom. The molecule has 0 radical (unpaired) electrons. The van der Waals surface area contributed by atoms with Gasteiger partial charge in [0.1, 0.15) is 11.6 Å². The molecule has 192 valence electrons. The van der Waals surface area contributed by atoms with Crippen LogP contribution in [-0.2, 0) is 21.4 Å². The first-order chi connectivity index (χ1) is 16.3. The number of rotatable bonds is 5. The zero-order valence-corrected chi connectivity index (χ0v) is 19.4. The number of nitrogens with zero attached hydrogens (tertiary/aromatic N) is 1. The van der Waals surface area contributed by atoms with Crippen molar-refractivity contribution in [2.24, 2.45) is 5.41 Å². The first-order valence-electron chi connectivity index (χ1n) is 10.8. The number of halogens is 5. The first-order valence-corrected chi connectivity index (χ1v) is 12.3. The minimum absolute atomic E-state index is 0.0302. The van der Waals surface area contributed by atoms with Gasteiger partial charge in [-0.25, -0.2) is 26.7 Å². The van der Waals surface area contributed by atoms with Crippen LogP contribution in [0.4, 0.5) is 22.0 Å². The molecule has 2 aromatic carbocycles. The predicted octanol–water partition coefficient (Wildman–Crippen LogP) is 4.32. The van der Waals surface area contributed by atoms with Crippen LogP contribution in [0.25, 0.3) is 0 Å². The summed E-state index contributed by atoms with van der Waals surface area (Å²) in [6.45, 7) is 2.03. The number of nitrogens with one attached hydrogen (secondary N) is 1. The van der Waals surface area contributed by atoms with Gasteiger partial charge in [0.25, 0.3) is 0 Å². The number of likely N-dealkylation sites (tertiary alicyclic amines) is 1. The van der Waals surface area contributed by atoms with Crippen LogP contribution in [0.1, 0.15) is 31.2 Å². The highest BCUT2D eigenvalue weighted by Gasteiger charge is 2.47. The third-order valence-corrected chi connectivity index (χ3v) is 7.83. The van der Waals surface area contributed by atoms with E-state index < -0.39 is 28.0 Å². The van der Waals surface area contributed by atoms with Crippen LogP contribution in [0.2, 0.25) is 0 Å². The van der Waals surface area contributed by atoms with E-state index in [4.69, 9.17) is 9.90 Å². The summed E-state index contributed by atoms with van der Waals surface area (Å²) in [6, 6.07) is 12.0. The molecule has 0 unspecified atom stereocenters. The van der Waals surface area contributed by atoms with Crippen molar-refractivity contribution < 1.29 is 40.3 Å². The van der Waals surface area contributed by atoms with E-state index in [1.807, 2.05) is 0 Å². The number of hydrogen-bond donors (Lipinski definition) is 2. The lowest BCUT2D eigenvalue weighted by atomic mass is 9.60. The van der Waals surface area contributed by atoms with Gasteiger partial charge >= 0.3 is 12.1 Å². The second kappa shape index (κ2) is 10.6. The number of sulfonamides is 1. The highest BCUT2D eigenvalue weighted by molar-refractivity contribution is 7.89. The smallest absolute Gasteiger partial charge is 0.475 e. The van der Waals surface area contributed by atoms with Crippen LogP contribution in [-0.4, -0.2) is 49.7 Å². The summed E-state index contributed by atoms with van der Waals surface area (Å²) in [4.78, 5) is 11.3. The van der Waals surface area contributed by atoms with Crippen LogP contribution in [0, 0.1) is 17.0 Å². The maximum atomic E-state index is 13.8. The van der Waals surface area contributed by atoms with Gasteiger partial charge in [0.05, 0.1) is 4.90 Å². The molecule has 1 saturated carbocycles. The van der Waals surface area contributed by atoms with Crippen LogP contribution in [0.5, 0.6) is 0 Å². The molecular formula is C23H25F5N2O4S. The minimum Gasteiger partial charge on any atom is -0.475 e. The topological polar surface area (TPSA) is 86.7 Å². The fourth-order valence-corrected chi connectivity index (χ4v) is 5.71. The lowest BCUT2D eigenvalue weighted by Gasteiger charge is -2.52. The summed E-state index contributed by atoms with van der Waals surface area (Å²) in [6.07, 6.45) is -1.51. The molecule has 2 aliphatic rings. The van der Waals surface area contributed by atoms with E-state index in [0.717, 1.165) is 44.8 Å². The van der Waals surface area contributed by atoms with Crippen LogP contribution in [0.15, 0.2) is 53.4 Å². The highest BCUT2D eigenvalue weighted by Crippen LogP contribution is 2.49. The van der Waals surface area contributed by atoms with Crippen molar-refractivity contribution in [2.45, 2.75) is 49.3 Å². The summed E-state index contributed by atoms with van der Waals surface area (Å²) in [5, 5.41) is 7.12. The molecule has 2 aromatic rings.